The van der Waals surface area contributed by atoms with Gasteiger partial charge in [0.05, 0.1) is 39.4 Å². The molecule has 0 radical (unpaired) electrons. The highest BCUT2D eigenvalue weighted by molar-refractivity contribution is 7.85. The molecule has 2 heterocycles. The van der Waals surface area contributed by atoms with E-state index in [2.05, 4.69) is 18.2 Å². The highest BCUT2D eigenvalue weighted by Crippen LogP contribution is 2.46. The van der Waals surface area contributed by atoms with Gasteiger partial charge in [-0.1, -0.05) is 66.2 Å². The van der Waals surface area contributed by atoms with E-state index in [4.69, 9.17) is 14.6 Å². The van der Waals surface area contributed by atoms with Crippen molar-refractivity contribution in [2.45, 2.75) is 154 Å². The largest absolute Gasteiger partial charge is 0.368 e. The minimum absolute atomic E-state index is 0.0851. The van der Waals surface area contributed by atoms with Gasteiger partial charge >= 0.3 is 0 Å². The van der Waals surface area contributed by atoms with Gasteiger partial charge in [0.15, 0.2) is 5.78 Å². The van der Waals surface area contributed by atoms with E-state index >= 15 is 0 Å². The van der Waals surface area contributed by atoms with Crippen LogP contribution in [0.25, 0.3) is 0 Å². The zero-order chi connectivity index (χ0) is 29.9. The lowest BCUT2D eigenvalue weighted by atomic mass is 9.74. The highest BCUT2D eigenvalue weighted by atomic mass is 32.2. The standard InChI is InChI=1S/C15H27NO2S.C11H18O2.C4H11NOS/c1-13(2,3)19(17)16-12-14(4,5)11-18-15(12)9-7-6-8-10-15;1-10(2)8-13-11(9(10)12)6-4-3-5-7-11;1-4(2,3)7(5)6/h6-11H2,1-5H3;3-8H2,1-2H3;5H2,1-3H3/t19-;;7-/m1.1/s1. The lowest BCUT2D eigenvalue weighted by Gasteiger charge is -2.34. The molecule has 2 atom stereocenters. The smallest absolute Gasteiger partial charge is 0.172 e. The fourth-order valence-corrected chi connectivity index (χ4v) is 6.42. The predicted molar refractivity (Wildman–Crippen MR) is 164 cm³/mol. The Labute approximate surface area is 243 Å². The third-order valence-electron chi connectivity index (χ3n) is 8.14. The molecular weight excluding hydrogens is 532 g/mol. The molecule has 4 rings (SSSR count). The lowest BCUT2D eigenvalue weighted by Crippen LogP contribution is -2.42. The van der Waals surface area contributed by atoms with E-state index in [0.29, 0.717) is 19.0 Å². The number of hydrogen-bond acceptors (Lipinski definition) is 5. The van der Waals surface area contributed by atoms with Crippen molar-refractivity contribution in [3.8, 4) is 0 Å². The summed E-state index contributed by atoms with van der Waals surface area (Å²) < 4.78 is 38.8. The molecule has 2 saturated carbocycles. The van der Waals surface area contributed by atoms with E-state index < -0.39 is 22.0 Å². The monoisotopic (exact) mass is 588 g/mol. The average molecular weight is 589 g/mol. The van der Waals surface area contributed by atoms with Crippen molar-refractivity contribution in [1.82, 2.24) is 0 Å². The Morgan fingerprint density at radius 2 is 1.08 bits per heavy atom. The highest BCUT2D eigenvalue weighted by Gasteiger charge is 2.53. The number of hydrogen-bond donors (Lipinski definition) is 1. The first-order valence-corrected chi connectivity index (χ1v) is 17.0. The zero-order valence-corrected chi connectivity index (χ0v) is 28.0. The molecule has 0 aromatic heterocycles. The SMILES string of the molecule is CC(C)(C)[S@](N)=O.CC1(C)COC2(CCCCC2)C1=N[S@](=O)C(C)(C)C.CC1(C)COC2(CCCCC2)C1=O. The fraction of sp³-hybridized carbons (Fsp3) is 0.933. The topological polar surface area (TPSA) is 108 Å². The van der Waals surface area contributed by atoms with Gasteiger partial charge in [0.2, 0.25) is 0 Å². The summed E-state index contributed by atoms with van der Waals surface area (Å²) in [5.41, 5.74) is 0.132. The third-order valence-corrected chi connectivity index (χ3v) is 10.7. The van der Waals surface area contributed by atoms with Crippen molar-refractivity contribution in [2.24, 2.45) is 20.4 Å². The van der Waals surface area contributed by atoms with E-state index in [1.165, 1.54) is 25.7 Å². The summed E-state index contributed by atoms with van der Waals surface area (Å²) in [6, 6.07) is 0. The van der Waals surface area contributed by atoms with Crippen molar-refractivity contribution >= 4 is 33.5 Å². The quantitative estimate of drug-likeness (QED) is 0.383. The number of ketones is 1. The minimum Gasteiger partial charge on any atom is -0.368 e. The van der Waals surface area contributed by atoms with Crippen LogP contribution < -0.4 is 5.14 Å². The van der Waals surface area contributed by atoms with Gasteiger partial charge in [0.25, 0.3) is 0 Å². The van der Waals surface area contributed by atoms with Crippen LogP contribution in [0.3, 0.4) is 0 Å². The molecule has 228 valence electrons. The summed E-state index contributed by atoms with van der Waals surface area (Å²) in [6.45, 7) is 21.1. The van der Waals surface area contributed by atoms with Crippen LogP contribution in [0.15, 0.2) is 4.40 Å². The molecule has 9 heteroatoms. The zero-order valence-electron chi connectivity index (χ0n) is 26.4. The number of carbonyl (C=O) groups is 1. The van der Waals surface area contributed by atoms with Gasteiger partial charge in [-0.3, -0.25) is 9.93 Å². The number of Topliss-reactive ketones (excluding diaryl/α,β-unsaturated/α-hetero) is 1. The van der Waals surface area contributed by atoms with Crippen LogP contribution in [0.1, 0.15) is 133 Å². The summed E-state index contributed by atoms with van der Waals surface area (Å²) >= 11 is 0. The number of nitrogens with zero attached hydrogens (tertiary/aromatic N) is 1. The molecule has 4 aliphatic rings. The van der Waals surface area contributed by atoms with Crippen molar-refractivity contribution in [3.63, 3.8) is 0 Å². The Balaban J connectivity index is 0.000000230. The van der Waals surface area contributed by atoms with Crippen LogP contribution in [0.5, 0.6) is 0 Å². The van der Waals surface area contributed by atoms with Crippen molar-refractivity contribution in [3.05, 3.63) is 0 Å². The maximum Gasteiger partial charge on any atom is 0.172 e. The molecule has 0 aromatic carbocycles. The molecule has 4 fully saturated rings. The Kier molecular flexibility index (Phi) is 11.4. The van der Waals surface area contributed by atoms with Crippen molar-refractivity contribution in [1.29, 1.82) is 0 Å². The molecule has 2 N–H and O–H groups in total. The third kappa shape index (κ3) is 8.76. The molecule has 0 unspecified atom stereocenters. The number of ether oxygens (including phenoxy) is 2. The number of rotatable bonds is 1. The van der Waals surface area contributed by atoms with Crippen LogP contribution in [0, 0.1) is 10.8 Å². The second-order valence-corrected chi connectivity index (χ2v) is 18.7. The van der Waals surface area contributed by atoms with E-state index in [1.807, 2.05) is 55.4 Å². The average Bonchev–Trinajstić information content (AvgIpc) is 3.20. The lowest BCUT2D eigenvalue weighted by molar-refractivity contribution is -0.137. The molecule has 2 spiro atoms. The normalized spacial score (nSPS) is 27.9. The van der Waals surface area contributed by atoms with Gasteiger partial charge in [0.1, 0.15) is 22.2 Å². The fourth-order valence-electron chi connectivity index (χ4n) is 5.56. The van der Waals surface area contributed by atoms with E-state index in [-0.39, 0.29) is 31.5 Å². The van der Waals surface area contributed by atoms with E-state index in [9.17, 15) is 13.2 Å². The van der Waals surface area contributed by atoms with Crippen molar-refractivity contribution < 1.29 is 22.7 Å². The molecular formula is C30H56N2O5S2. The van der Waals surface area contributed by atoms with Gasteiger partial charge in [-0.2, -0.15) is 4.40 Å². The number of nitrogens with two attached hydrogens (primary N) is 1. The van der Waals surface area contributed by atoms with Gasteiger partial charge in [-0.05, 0) is 67.2 Å². The maximum absolute atomic E-state index is 12.4. The summed E-state index contributed by atoms with van der Waals surface area (Å²) in [5.74, 6) is 0.347. The van der Waals surface area contributed by atoms with Gasteiger partial charge in [0, 0.05) is 10.8 Å². The first-order chi connectivity index (χ1) is 17.7. The predicted octanol–water partition coefficient (Wildman–Crippen LogP) is 6.37. The molecule has 2 aliphatic heterocycles. The molecule has 7 nitrogen and oxygen atoms in total. The van der Waals surface area contributed by atoms with E-state index in [1.54, 1.807) is 0 Å². The maximum atomic E-state index is 12.4. The number of carbonyl (C=O) groups excluding carboxylic acids is 1. The summed E-state index contributed by atoms with van der Waals surface area (Å²) in [7, 11) is -2.38. The molecule has 2 aliphatic carbocycles. The Morgan fingerprint density at radius 1 is 0.692 bits per heavy atom. The van der Waals surface area contributed by atoms with Crippen LogP contribution in [0.4, 0.5) is 0 Å². The van der Waals surface area contributed by atoms with Crippen molar-refractivity contribution in [2.75, 3.05) is 13.2 Å². The second-order valence-electron chi connectivity index (χ2n) is 15.0. The molecule has 0 aromatic rings. The van der Waals surface area contributed by atoms with Gasteiger partial charge in [-0.15, -0.1) is 0 Å². The molecule has 0 amide bonds. The van der Waals surface area contributed by atoms with Crippen LogP contribution in [0.2, 0.25) is 0 Å². The first-order valence-electron chi connectivity index (χ1n) is 14.7. The molecule has 39 heavy (non-hydrogen) atoms. The van der Waals surface area contributed by atoms with E-state index in [0.717, 1.165) is 44.2 Å². The Bertz CT molecular complexity index is 932. The summed E-state index contributed by atoms with van der Waals surface area (Å²) in [5, 5.41) is 5.04. The van der Waals surface area contributed by atoms with Gasteiger partial charge < -0.3 is 9.47 Å². The summed E-state index contributed by atoms with van der Waals surface area (Å²) in [4.78, 5) is 12.1. The Hall–Kier alpha value is -0.480. The van der Waals surface area contributed by atoms with Crippen LogP contribution in [-0.2, 0) is 36.2 Å². The minimum atomic E-state index is -1.19. The van der Waals surface area contributed by atoms with Crippen LogP contribution in [-0.4, -0.2) is 53.8 Å². The first kappa shape index (κ1) is 34.7. The second kappa shape index (κ2) is 12.8. The molecule has 0 bridgehead atoms. The Morgan fingerprint density at radius 3 is 1.44 bits per heavy atom. The van der Waals surface area contributed by atoms with Crippen LogP contribution >= 0.6 is 0 Å². The van der Waals surface area contributed by atoms with Gasteiger partial charge in [-0.25, -0.2) is 8.42 Å². The molecule has 2 saturated heterocycles. The summed E-state index contributed by atoms with van der Waals surface area (Å²) in [6.07, 6.45) is 11.2.